The predicted molar refractivity (Wildman–Crippen MR) is 99.8 cm³/mol. The van der Waals surface area contributed by atoms with E-state index in [4.69, 9.17) is 0 Å². The molecule has 1 aliphatic rings. The SMILES string of the molecule is O=C(CCC1CCNCC1)Nc1cccc(C(=O)c2ccccc2)c1. The first-order valence-corrected chi connectivity index (χ1v) is 8.93. The number of hydrogen-bond donors (Lipinski definition) is 2. The first-order chi connectivity index (χ1) is 12.2. The average molecular weight is 336 g/mol. The number of nitrogens with one attached hydrogen (secondary N) is 2. The van der Waals surface area contributed by atoms with Crippen molar-refractivity contribution < 1.29 is 9.59 Å². The molecule has 0 unspecified atom stereocenters. The smallest absolute Gasteiger partial charge is 0.224 e. The van der Waals surface area contributed by atoms with Crippen LogP contribution in [0.1, 0.15) is 41.6 Å². The summed E-state index contributed by atoms with van der Waals surface area (Å²) in [4.78, 5) is 24.7. The van der Waals surface area contributed by atoms with Crippen molar-refractivity contribution in [2.24, 2.45) is 5.92 Å². The Morgan fingerprint density at radius 3 is 2.44 bits per heavy atom. The zero-order valence-corrected chi connectivity index (χ0v) is 14.3. The molecule has 0 bridgehead atoms. The molecular weight excluding hydrogens is 312 g/mol. The van der Waals surface area contributed by atoms with Gasteiger partial charge in [-0.1, -0.05) is 42.5 Å². The molecule has 0 atom stereocenters. The Morgan fingerprint density at radius 1 is 0.960 bits per heavy atom. The minimum absolute atomic E-state index is 0.0165. The van der Waals surface area contributed by atoms with Crippen LogP contribution in [0.15, 0.2) is 54.6 Å². The Kier molecular flexibility index (Phi) is 5.96. The number of hydrogen-bond acceptors (Lipinski definition) is 3. The van der Waals surface area contributed by atoms with E-state index in [0.717, 1.165) is 32.4 Å². The van der Waals surface area contributed by atoms with Gasteiger partial charge in [0.15, 0.2) is 5.78 Å². The van der Waals surface area contributed by atoms with Crippen LogP contribution in [0, 0.1) is 5.92 Å². The molecule has 130 valence electrons. The summed E-state index contributed by atoms with van der Waals surface area (Å²) in [5.74, 6) is 0.618. The maximum Gasteiger partial charge on any atom is 0.224 e. The van der Waals surface area contributed by atoms with E-state index in [-0.39, 0.29) is 11.7 Å². The van der Waals surface area contributed by atoms with E-state index >= 15 is 0 Å². The van der Waals surface area contributed by atoms with Crippen molar-refractivity contribution in [3.8, 4) is 0 Å². The number of ketones is 1. The summed E-state index contributed by atoms with van der Waals surface area (Å²) in [6, 6.07) is 16.3. The fraction of sp³-hybridized carbons (Fsp3) is 0.333. The van der Waals surface area contributed by atoms with Crippen molar-refractivity contribution in [1.82, 2.24) is 5.32 Å². The lowest BCUT2D eigenvalue weighted by Gasteiger charge is -2.22. The average Bonchev–Trinajstić information content (AvgIpc) is 2.67. The number of rotatable bonds is 6. The lowest BCUT2D eigenvalue weighted by molar-refractivity contribution is -0.116. The Morgan fingerprint density at radius 2 is 1.68 bits per heavy atom. The number of piperidine rings is 1. The minimum atomic E-state index is -0.0357. The highest BCUT2D eigenvalue weighted by atomic mass is 16.1. The zero-order chi connectivity index (χ0) is 17.5. The summed E-state index contributed by atoms with van der Waals surface area (Å²) in [5, 5.41) is 6.26. The maximum absolute atomic E-state index is 12.5. The van der Waals surface area contributed by atoms with E-state index in [0.29, 0.717) is 29.2 Å². The van der Waals surface area contributed by atoms with Crippen molar-refractivity contribution in [3.63, 3.8) is 0 Å². The molecule has 2 N–H and O–H groups in total. The second-order valence-electron chi connectivity index (χ2n) is 6.56. The number of anilines is 1. The molecule has 0 spiro atoms. The normalized spacial score (nSPS) is 14.9. The van der Waals surface area contributed by atoms with Gasteiger partial charge in [0.25, 0.3) is 0 Å². The monoisotopic (exact) mass is 336 g/mol. The van der Waals surface area contributed by atoms with E-state index in [2.05, 4.69) is 10.6 Å². The number of benzene rings is 2. The highest BCUT2D eigenvalue weighted by molar-refractivity contribution is 6.09. The lowest BCUT2D eigenvalue weighted by atomic mass is 9.93. The van der Waals surface area contributed by atoms with Gasteiger partial charge in [0.2, 0.25) is 5.91 Å². The van der Waals surface area contributed by atoms with Crippen molar-refractivity contribution in [1.29, 1.82) is 0 Å². The van der Waals surface area contributed by atoms with E-state index in [1.165, 1.54) is 0 Å². The quantitative estimate of drug-likeness (QED) is 0.792. The molecule has 0 aliphatic carbocycles. The summed E-state index contributed by atoms with van der Waals surface area (Å²) < 4.78 is 0. The summed E-state index contributed by atoms with van der Waals surface area (Å²) in [6.45, 7) is 2.10. The Hall–Kier alpha value is -2.46. The van der Waals surface area contributed by atoms with Gasteiger partial charge in [0.05, 0.1) is 0 Å². The topological polar surface area (TPSA) is 58.2 Å². The lowest BCUT2D eigenvalue weighted by Crippen LogP contribution is -2.28. The molecule has 25 heavy (non-hydrogen) atoms. The van der Waals surface area contributed by atoms with Gasteiger partial charge in [-0.25, -0.2) is 0 Å². The largest absolute Gasteiger partial charge is 0.326 e. The fourth-order valence-corrected chi connectivity index (χ4v) is 3.22. The van der Waals surface area contributed by atoms with Crippen LogP contribution in [-0.2, 0) is 4.79 Å². The maximum atomic E-state index is 12.5. The van der Waals surface area contributed by atoms with Gasteiger partial charge in [-0.2, -0.15) is 0 Å². The number of amides is 1. The highest BCUT2D eigenvalue weighted by Gasteiger charge is 2.15. The van der Waals surface area contributed by atoms with Gasteiger partial charge in [-0.05, 0) is 50.4 Å². The van der Waals surface area contributed by atoms with Crippen LogP contribution < -0.4 is 10.6 Å². The standard InChI is InChI=1S/C21H24N2O2/c24-20(10-9-16-11-13-22-14-12-16)23-19-8-4-7-18(15-19)21(25)17-5-2-1-3-6-17/h1-8,15-16,22H,9-14H2,(H,23,24). The third-order valence-corrected chi connectivity index (χ3v) is 4.68. The van der Waals surface area contributed by atoms with E-state index < -0.39 is 0 Å². The molecule has 4 heteroatoms. The van der Waals surface area contributed by atoms with Crippen LogP contribution >= 0.6 is 0 Å². The van der Waals surface area contributed by atoms with E-state index in [1.807, 2.05) is 24.3 Å². The molecule has 0 aromatic heterocycles. The van der Waals surface area contributed by atoms with Crippen molar-refractivity contribution in [2.75, 3.05) is 18.4 Å². The summed E-state index contributed by atoms with van der Waals surface area (Å²) in [6.07, 6.45) is 3.75. The molecule has 1 aliphatic heterocycles. The summed E-state index contributed by atoms with van der Waals surface area (Å²) >= 11 is 0. The highest BCUT2D eigenvalue weighted by Crippen LogP contribution is 2.19. The van der Waals surface area contributed by atoms with E-state index in [1.54, 1.807) is 30.3 Å². The molecule has 2 aromatic carbocycles. The first-order valence-electron chi connectivity index (χ1n) is 8.93. The molecule has 0 radical (unpaired) electrons. The summed E-state index contributed by atoms with van der Waals surface area (Å²) in [7, 11) is 0. The van der Waals surface area contributed by atoms with Crippen molar-refractivity contribution >= 4 is 17.4 Å². The Labute approximate surface area is 148 Å². The van der Waals surface area contributed by atoms with Gasteiger partial charge in [0.1, 0.15) is 0 Å². The Balaban J connectivity index is 1.57. The molecule has 4 nitrogen and oxygen atoms in total. The molecule has 0 saturated carbocycles. The second-order valence-corrected chi connectivity index (χ2v) is 6.56. The molecule has 1 amide bonds. The molecule has 1 saturated heterocycles. The number of carbonyl (C=O) groups excluding carboxylic acids is 2. The minimum Gasteiger partial charge on any atom is -0.326 e. The molecule has 1 fully saturated rings. The van der Waals surface area contributed by atoms with Crippen LogP contribution in [-0.4, -0.2) is 24.8 Å². The second kappa shape index (κ2) is 8.58. The van der Waals surface area contributed by atoms with Gasteiger partial charge < -0.3 is 10.6 Å². The fourth-order valence-electron chi connectivity index (χ4n) is 3.22. The zero-order valence-electron chi connectivity index (χ0n) is 14.3. The third-order valence-electron chi connectivity index (χ3n) is 4.68. The van der Waals surface area contributed by atoms with Crippen LogP contribution in [0.5, 0.6) is 0 Å². The third kappa shape index (κ3) is 5.00. The first kappa shape index (κ1) is 17.4. The van der Waals surface area contributed by atoms with Gasteiger partial charge >= 0.3 is 0 Å². The molecule has 2 aromatic rings. The van der Waals surface area contributed by atoms with Crippen LogP contribution in [0.25, 0.3) is 0 Å². The number of carbonyl (C=O) groups is 2. The molecular formula is C21H24N2O2. The predicted octanol–water partition coefficient (Wildman–Crippen LogP) is 3.64. The van der Waals surface area contributed by atoms with Gasteiger partial charge in [-0.3, -0.25) is 9.59 Å². The van der Waals surface area contributed by atoms with Crippen LogP contribution in [0.4, 0.5) is 5.69 Å². The van der Waals surface area contributed by atoms with E-state index in [9.17, 15) is 9.59 Å². The summed E-state index contributed by atoms with van der Waals surface area (Å²) in [5.41, 5.74) is 1.91. The Bertz CT molecular complexity index is 722. The van der Waals surface area contributed by atoms with Crippen LogP contribution in [0.3, 0.4) is 0 Å². The van der Waals surface area contributed by atoms with Gasteiger partial charge in [-0.15, -0.1) is 0 Å². The van der Waals surface area contributed by atoms with Gasteiger partial charge in [0, 0.05) is 23.2 Å². The van der Waals surface area contributed by atoms with Crippen molar-refractivity contribution in [3.05, 3.63) is 65.7 Å². The van der Waals surface area contributed by atoms with Crippen LogP contribution in [0.2, 0.25) is 0 Å². The molecule has 1 heterocycles. The van der Waals surface area contributed by atoms with Crippen molar-refractivity contribution in [2.45, 2.75) is 25.7 Å². The molecule has 3 rings (SSSR count).